The topological polar surface area (TPSA) is 59.6 Å². The van der Waals surface area contributed by atoms with Gasteiger partial charge in [0.25, 0.3) is 5.91 Å². The van der Waals surface area contributed by atoms with Crippen LogP contribution in [0.4, 0.5) is 5.69 Å². The van der Waals surface area contributed by atoms with E-state index in [1.165, 1.54) is 0 Å². The standard InChI is InChI=1S/C14H18N2O3/c1-14(5-7-18-9-14)16-13(17)10-3-2-4-11-12(10)19-8-6-15-11/h2-4,15H,5-9H2,1H3,(H,16,17). The van der Waals surface area contributed by atoms with E-state index in [0.717, 1.165) is 18.7 Å². The van der Waals surface area contributed by atoms with Gasteiger partial charge in [-0.3, -0.25) is 4.79 Å². The SMILES string of the molecule is CC1(NC(=O)c2cccc3c2OCCN3)CCOC1. The second kappa shape index (κ2) is 4.74. The van der Waals surface area contributed by atoms with Crippen LogP contribution in [-0.2, 0) is 4.74 Å². The summed E-state index contributed by atoms with van der Waals surface area (Å²) in [4.78, 5) is 12.4. The molecule has 102 valence electrons. The molecule has 1 aromatic rings. The van der Waals surface area contributed by atoms with Crippen molar-refractivity contribution in [2.24, 2.45) is 0 Å². The molecule has 1 atom stereocenters. The first kappa shape index (κ1) is 12.3. The predicted octanol–water partition coefficient (Wildman–Crippen LogP) is 1.40. The van der Waals surface area contributed by atoms with Crippen LogP contribution in [0.15, 0.2) is 18.2 Å². The number of hydrogen-bond acceptors (Lipinski definition) is 4. The first-order valence-corrected chi connectivity index (χ1v) is 6.58. The van der Waals surface area contributed by atoms with Crippen molar-refractivity contribution in [2.75, 3.05) is 31.7 Å². The van der Waals surface area contributed by atoms with Gasteiger partial charge in [0.05, 0.1) is 23.4 Å². The Labute approximate surface area is 112 Å². The molecule has 2 N–H and O–H groups in total. The van der Waals surface area contributed by atoms with E-state index in [9.17, 15) is 4.79 Å². The number of carbonyl (C=O) groups is 1. The number of anilines is 1. The second-order valence-corrected chi connectivity index (χ2v) is 5.27. The molecule has 19 heavy (non-hydrogen) atoms. The fourth-order valence-corrected chi connectivity index (χ4v) is 2.46. The highest BCUT2D eigenvalue weighted by Crippen LogP contribution is 2.31. The molecule has 1 amide bonds. The zero-order valence-corrected chi connectivity index (χ0v) is 11.0. The monoisotopic (exact) mass is 262 g/mol. The molecule has 2 aliphatic rings. The third kappa shape index (κ3) is 2.38. The van der Waals surface area contributed by atoms with Crippen molar-refractivity contribution in [3.8, 4) is 5.75 Å². The van der Waals surface area contributed by atoms with Crippen LogP contribution >= 0.6 is 0 Å². The summed E-state index contributed by atoms with van der Waals surface area (Å²) in [6, 6.07) is 5.58. The summed E-state index contributed by atoms with van der Waals surface area (Å²) in [6.07, 6.45) is 0.840. The maximum Gasteiger partial charge on any atom is 0.255 e. The minimum Gasteiger partial charge on any atom is -0.489 e. The Bertz CT molecular complexity index is 495. The quantitative estimate of drug-likeness (QED) is 0.846. The molecule has 3 rings (SSSR count). The molecule has 0 spiro atoms. The molecule has 0 aromatic heterocycles. The Balaban J connectivity index is 1.83. The Kier molecular flexibility index (Phi) is 3.06. The molecule has 1 unspecified atom stereocenters. The van der Waals surface area contributed by atoms with Crippen LogP contribution in [0, 0.1) is 0 Å². The number of ether oxygens (including phenoxy) is 2. The Hall–Kier alpha value is -1.75. The molecule has 5 heteroatoms. The van der Waals surface area contributed by atoms with E-state index >= 15 is 0 Å². The molecule has 1 saturated heterocycles. The zero-order valence-electron chi connectivity index (χ0n) is 11.0. The first-order chi connectivity index (χ1) is 9.18. The third-order valence-electron chi connectivity index (χ3n) is 3.56. The van der Waals surface area contributed by atoms with Gasteiger partial charge in [-0.1, -0.05) is 6.07 Å². The molecular weight excluding hydrogens is 244 g/mol. The Morgan fingerprint density at radius 3 is 3.11 bits per heavy atom. The van der Waals surface area contributed by atoms with Gasteiger partial charge in [0.2, 0.25) is 0 Å². The lowest BCUT2D eigenvalue weighted by molar-refractivity contribution is 0.0886. The lowest BCUT2D eigenvalue weighted by Crippen LogP contribution is -2.46. The molecule has 2 heterocycles. The maximum atomic E-state index is 12.4. The minimum atomic E-state index is -0.276. The highest BCUT2D eigenvalue weighted by atomic mass is 16.5. The summed E-state index contributed by atoms with van der Waals surface area (Å²) in [7, 11) is 0. The average molecular weight is 262 g/mol. The minimum absolute atomic E-state index is 0.103. The lowest BCUT2D eigenvalue weighted by atomic mass is 10.0. The van der Waals surface area contributed by atoms with Crippen molar-refractivity contribution in [1.82, 2.24) is 5.32 Å². The number of carbonyl (C=O) groups excluding carboxylic acids is 1. The van der Waals surface area contributed by atoms with Gasteiger partial charge < -0.3 is 20.1 Å². The fraction of sp³-hybridized carbons (Fsp3) is 0.500. The highest BCUT2D eigenvalue weighted by molar-refractivity contribution is 5.99. The maximum absolute atomic E-state index is 12.4. The van der Waals surface area contributed by atoms with Gasteiger partial charge in [-0.25, -0.2) is 0 Å². The summed E-state index contributed by atoms with van der Waals surface area (Å²) in [5.41, 5.74) is 1.19. The van der Waals surface area contributed by atoms with E-state index in [4.69, 9.17) is 9.47 Å². The van der Waals surface area contributed by atoms with Gasteiger partial charge >= 0.3 is 0 Å². The smallest absolute Gasteiger partial charge is 0.255 e. The number of rotatable bonds is 2. The number of benzene rings is 1. The van der Waals surface area contributed by atoms with Gasteiger partial charge in [0, 0.05) is 13.2 Å². The van der Waals surface area contributed by atoms with Crippen LogP contribution in [0.25, 0.3) is 0 Å². The van der Waals surface area contributed by atoms with Crippen LogP contribution in [0.3, 0.4) is 0 Å². The van der Waals surface area contributed by atoms with Gasteiger partial charge in [-0.05, 0) is 25.5 Å². The highest BCUT2D eigenvalue weighted by Gasteiger charge is 2.32. The van der Waals surface area contributed by atoms with Crippen molar-refractivity contribution in [1.29, 1.82) is 0 Å². The van der Waals surface area contributed by atoms with Crippen molar-refractivity contribution < 1.29 is 14.3 Å². The van der Waals surface area contributed by atoms with Crippen LogP contribution in [0.5, 0.6) is 5.75 Å². The van der Waals surface area contributed by atoms with Crippen molar-refractivity contribution >= 4 is 11.6 Å². The summed E-state index contributed by atoms with van der Waals surface area (Å²) >= 11 is 0. The summed E-state index contributed by atoms with van der Waals surface area (Å²) in [5, 5.41) is 6.28. The predicted molar refractivity (Wildman–Crippen MR) is 71.7 cm³/mol. The number of amides is 1. The fourth-order valence-electron chi connectivity index (χ4n) is 2.46. The number of fused-ring (bicyclic) bond motifs is 1. The van der Waals surface area contributed by atoms with Crippen molar-refractivity contribution in [2.45, 2.75) is 18.9 Å². The second-order valence-electron chi connectivity index (χ2n) is 5.27. The third-order valence-corrected chi connectivity index (χ3v) is 3.56. The lowest BCUT2D eigenvalue weighted by Gasteiger charge is -2.26. The van der Waals surface area contributed by atoms with E-state index in [1.54, 1.807) is 6.07 Å². The summed E-state index contributed by atoms with van der Waals surface area (Å²) < 4.78 is 11.0. The average Bonchev–Trinajstić information content (AvgIpc) is 2.84. The van der Waals surface area contributed by atoms with Crippen molar-refractivity contribution in [3.05, 3.63) is 23.8 Å². The largest absolute Gasteiger partial charge is 0.489 e. The normalized spacial score (nSPS) is 25.1. The van der Waals surface area contributed by atoms with E-state index in [1.807, 2.05) is 19.1 Å². The molecular formula is C14H18N2O3. The van der Waals surface area contributed by atoms with E-state index in [-0.39, 0.29) is 11.4 Å². The molecule has 0 saturated carbocycles. The van der Waals surface area contributed by atoms with Gasteiger partial charge in [-0.15, -0.1) is 0 Å². The van der Waals surface area contributed by atoms with Gasteiger partial charge in [0.15, 0.2) is 5.75 Å². The molecule has 1 aromatic carbocycles. The van der Waals surface area contributed by atoms with E-state index in [2.05, 4.69) is 10.6 Å². The molecule has 1 fully saturated rings. The number of hydrogen-bond donors (Lipinski definition) is 2. The zero-order chi connectivity index (χ0) is 13.3. The molecule has 0 bridgehead atoms. The van der Waals surface area contributed by atoms with E-state index < -0.39 is 0 Å². The molecule has 5 nitrogen and oxygen atoms in total. The van der Waals surface area contributed by atoms with Crippen molar-refractivity contribution in [3.63, 3.8) is 0 Å². The summed E-state index contributed by atoms with van der Waals surface area (Å²) in [6.45, 7) is 4.61. The van der Waals surface area contributed by atoms with Crippen LogP contribution in [0.1, 0.15) is 23.7 Å². The molecule has 0 radical (unpaired) electrons. The Morgan fingerprint density at radius 1 is 1.42 bits per heavy atom. The van der Waals surface area contributed by atoms with Gasteiger partial charge in [0.1, 0.15) is 6.61 Å². The first-order valence-electron chi connectivity index (χ1n) is 6.58. The van der Waals surface area contributed by atoms with Crippen LogP contribution in [0.2, 0.25) is 0 Å². The Morgan fingerprint density at radius 2 is 2.32 bits per heavy atom. The molecule has 2 aliphatic heterocycles. The molecule has 0 aliphatic carbocycles. The number of nitrogens with one attached hydrogen (secondary N) is 2. The van der Waals surface area contributed by atoms with Crippen LogP contribution < -0.4 is 15.4 Å². The van der Waals surface area contributed by atoms with E-state index in [0.29, 0.717) is 31.1 Å². The summed E-state index contributed by atoms with van der Waals surface area (Å²) in [5.74, 6) is 0.544. The van der Waals surface area contributed by atoms with Crippen LogP contribution in [-0.4, -0.2) is 37.8 Å². The van der Waals surface area contributed by atoms with Gasteiger partial charge in [-0.2, -0.15) is 0 Å². The number of para-hydroxylation sites is 1.